The number of fused-ring (bicyclic) bond motifs is 1. The molecule has 32 heavy (non-hydrogen) atoms. The molecule has 1 heterocycles. The third-order valence-corrected chi connectivity index (χ3v) is 6.79. The van der Waals surface area contributed by atoms with Crippen molar-refractivity contribution in [3.8, 4) is 17.1 Å². The van der Waals surface area contributed by atoms with Gasteiger partial charge in [0.05, 0.1) is 0 Å². The SMILES string of the molecule is CCCCCC(=O)Oc1ccc(-c2ncc3c(n2)CCC(CC(CC)CCCC)C3)cc1. The van der Waals surface area contributed by atoms with Gasteiger partial charge in [-0.25, -0.2) is 9.97 Å². The highest BCUT2D eigenvalue weighted by Crippen LogP contribution is 2.32. The van der Waals surface area contributed by atoms with Gasteiger partial charge in [0.1, 0.15) is 5.75 Å². The maximum atomic E-state index is 11.9. The van der Waals surface area contributed by atoms with Crippen LogP contribution in [0.1, 0.15) is 96.2 Å². The van der Waals surface area contributed by atoms with E-state index in [2.05, 4.69) is 25.8 Å². The van der Waals surface area contributed by atoms with Crippen LogP contribution >= 0.6 is 0 Å². The first kappa shape index (κ1) is 24.4. The second kappa shape index (κ2) is 12.7. The minimum atomic E-state index is -0.161. The van der Waals surface area contributed by atoms with E-state index in [-0.39, 0.29) is 5.97 Å². The molecule has 174 valence electrons. The molecule has 1 aromatic heterocycles. The molecule has 0 bridgehead atoms. The summed E-state index contributed by atoms with van der Waals surface area (Å²) in [4.78, 5) is 21.5. The lowest BCUT2D eigenvalue weighted by atomic mass is 9.79. The van der Waals surface area contributed by atoms with Crippen molar-refractivity contribution in [3.05, 3.63) is 41.7 Å². The Balaban J connectivity index is 1.58. The van der Waals surface area contributed by atoms with Gasteiger partial charge < -0.3 is 4.74 Å². The Bertz CT molecular complexity index is 847. The number of carbonyl (C=O) groups excluding carboxylic acids is 1. The first-order chi connectivity index (χ1) is 15.6. The van der Waals surface area contributed by atoms with Gasteiger partial charge in [0.15, 0.2) is 5.82 Å². The van der Waals surface area contributed by atoms with E-state index in [1.165, 1.54) is 49.8 Å². The van der Waals surface area contributed by atoms with Gasteiger partial charge in [-0.15, -0.1) is 0 Å². The number of aromatic nitrogens is 2. The van der Waals surface area contributed by atoms with E-state index in [1.54, 1.807) is 0 Å². The molecule has 0 saturated heterocycles. The largest absolute Gasteiger partial charge is 0.427 e. The summed E-state index contributed by atoms with van der Waals surface area (Å²) in [6.45, 7) is 6.75. The topological polar surface area (TPSA) is 52.1 Å². The number of unbranched alkanes of at least 4 members (excludes halogenated alkanes) is 3. The van der Waals surface area contributed by atoms with Gasteiger partial charge in [-0.3, -0.25) is 4.79 Å². The van der Waals surface area contributed by atoms with Crippen LogP contribution in [0.25, 0.3) is 11.4 Å². The third kappa shape index (κ3) is 7.15. The fourth-order valence-corrected chi connectivity index (χ4v) is 4.75. The van der Waals surface area contributed by atoms with E-state index in [0.717, 1.165) is 55.3 Å². The number of hydrogen-bond donors (Lipinski definition) is 0. The summed E-state index contributed by atoms with van der Waals surface area (Å²) >= 11 is 0. The van der Waals surface area contributed by atoms with Gasteiger partial charge in [-0.05, 0) is 73.8 Å². The van der Waals surface area contributed by atoms with E-state index >= 15 is 0 Å². The summed E-state index contributed by atoms with van der Waals surface area (Å²) in [5.74, 6) is 2.82. The zero-order valence-corrected chi connectivity index (χ0v) is 20.2. The van der Waals surface area contributed by atoms with Crippen LogP contribution in [-0.2, 0) is 17.6 Å². The average molecular weight is 437 g/mol. The van der Waals surface area contributed by atoms with E-state index in [9.17, 15) is 4.79 Å². The molecule has 1 aliphatic rings. The van der Waals surface area contributed by atoms with Crippen molar-refractivity contribution in [1.29, 1.82) is 0 Å². The van der Waals surface area contributed by atoms with Gasteiger partial charge >= 0.3 is 5.97 Å². The second-order valence-corrected chi connectivity index (χ2v) is 9.38. The molecule has 3 rings (SSSR count). The molecule has 2 aromatic rings. The van der Waals surface area contributed by atoms with Crippen molar-refractivity contribution >= 4 is 5.97 Å². The lowest BCUT2D eigenvalue weighted by molar-refractivity contribution is -0.134. The highest BCUT2D eigenvalue weighted by atomic mass is 16.5. The summed E-state index contributed by atoms with van der Waals surface area (Å²) in [5, 5.41) is 0. The van der Waals surface area contributed by atoms with Gasteiger partial charge in [0.2, 0.25) is 0 Å². The summed E-state index contributed by atoms with van der Waals surface area (Å²) in [7, 11) is 0. The molecule has 0 saturated carbocycles. The Labute approximate surface area is 194 Å². The molecule has 1 aliphatic carbocycles. The number of ether oxygens (including phenoxy) is 1. The number of benzene rings is 1. The Morgan fingerprint density at radius 2 is 1.88 bits per heavy atom. The molecular formula is C28H40N2O2. The first-order valence-electron chi connectivity index (χ1n) is 12.8. The zero-order valence-electron chi connectivity index (χ0n) is 20.2. The second-order valence-electron chi connectivity index (χ2n) is 9.38. The Hall–Kier alpha value is -2.23. The van der Waals surface area contributed by atoms with Crippen LogP contribution in [0.15, 0.2) is 30.5 Å². The third-order valence-electron chi connectivity index (χ3n) is 6.79. The van der Waals surface area contributed by atoms with Crippen LogP contribution in [0, 0.1) is 11.8 Å². The van der Waals surface area contributed by atoms with Crippen molar-refractivity contribution in [2.45, 2.75) is 97.8 Å². The first-order valence-corrected chi connectivity index (χ1v) is 12.8. The van der Waals surface area contributed by atoms with Crippen LogP contribution in [0.3, 0.4) is 0 Å². The van der Waals surface area contributed by atoms with Crippen LogP contribution in [0.2, 0.25) is 0 Å². The highest BCUT2D eigenvalue weighted by molar-refractivity contribution is 5.72. The minimum absolute atomic E-state index is 0.161. The number of hydrogen-bond acceptors (Lipinski definition) is 4. The van der Waals surface area contributed by atoms with E-state index in [1.807, 2.05) is 30.5 Å². The molecule has 2 atom stereocenters. The summed E-state index contributed by atoms with van der Waals surface area (Å²) < 4.78 is 5.44. The van der Waals surface area contributed by atoms with Crippen molar-refractivity contribution in [3.63, 3.8) is 0 Å². The number of aryl methyl sites for hydroxylation is 1. The van der Waals surface area contributed by atoms with Gasteiger partial charge in [0, 0.05) is 23.9 Å². The maximum Gasteiger partial charge on any atom is 0.311 e. The molecule has 0 radical (unpaired) electrons. The quantitative estimate of drug-likeness (QED) is 0.198. The van der Waals surface area contributed by atoms with Crippen LogP contribution < -0.4 is 4.74 Å². The minimum Gasteiger partial charge on any atom is -0.427 e. The maximum absolute atomic E-state index is 11.9. The van der Waals surface area contributed by atoms with Crippen LogP contribution in [-0.4, -0.2) is 15.9 Å². The van der Waals surface area contributed by atoms with Crippen molar-refractivity contribution in [2.24, 2.45) is 11.8 Å². The number of esters is 1. The van der Waals surface area contributed by atoms with E-state index < -0.39 is 0 Å². The molecule has 0 amide bonds. The molecule has 0 aliphatic heterocycles. The lowest BCUT2D eigenvalue weighted by Crippen LogP contribution is -2.19. The fourth-order valence-electron chi connectivity index (χ4n) is 4.75. The molecule has 0 spiro atoms. The fraction of sp³-hybridized carbons (Fsp3) is 0.607. The van der Waals surface area contributed by atoms with Crippen molar-refractivity contribution in [2.75, 3.05) is 0 Å². The average Bonchev–Trinajstić information content (AvgIpc) is 2.82. The predicted molar refractivity (Wildman–Crippen MR) is 131 cm³/mol. The summed E-state index contributed by atoms with van der Waals surface area (Å²) in [6, 6.07) is 7.57. The molecular weight excluding hydrogens is 396 g/mol. The van der Waals surface area contributed by atoms with Crippen LogP contribution in [0.4, 0.5) is 0 Å². The summed E-state index contributed by atoms with van der Waals surface area (Å²) in [5.41, 5.74) is 3.50. The van der Waals surface area contributed by atoms with E-state index in [4.69, 9.17) is 9.72 Å². The normalized spacial score (nSPS) is 16.4. The zero-order chi connectivity index (χ0) is 22.8. The lowest BCUT2D eigenvalue weighted by Gasteiger charge is -2.27. The summed E-state index contributed by atoms with van der Waals surface area (Å²) in [6.07, 6.45) is 15.6. The Morgan fingerprint density at radius 3 is 2.59 bits per heavy atom. The number of rotatable bonds is 12. The van der Waals surface area contributed by atoms with E-state index in [0.29, 0.717) is 12.2 Å². The number of nitrogens with zero attached hydrogens (tertiary/aromatic N) is 2. The van der Waals surface area contributed by atoms with Crippen molar-refractivity contribution < 1.29 is 9.53 Å². The molecule has 2 unspecified atom stereocenters. The van der Waals surface area contributed by atoms with Gasteiger partial charge in [0.25, 0.3) is 0 Å². The highest BCUT2D eigenvalue weighted by Gasteiger charge is 2.23. The monoisotopic (exact) mass is 436 g/mol. The predicted octanol–water partition coefficient (Wildman–Crippen LogP) is 7.34. The Kier molecular flexibility index (Phi) is 9.70. The van der Waals surface area contributed by atoms with Crippen LogP contribution in [0.5, 0.6) is 5.75 Å². The van der Waals surface area contributed by atoms with Gasteiger partial charge in [-0.2, -0.15) is 0 Å². The molecule has 4 heteroatoms. The van der Waals surface area contributed by atoms with Gasteiger partial charge in [-0.1, -0.05) is 59.3 Å². The van der Waals surface area contributed by atoms with Crippen molar-refractivity contribution in [1.82, 2.24) is 9.97 Å². The molecule has 0 fully saturated rings. The number of carbonyl (C=O) groups is 1. The standard InChI is InChI=1S/C28H40N2O2/c1-4-7-9-11-27(31)32-25-15-13-23(14-16-25)28-29-20-24-19-22(12-17-26(24)30-28)18-21(6-3)10-8-5-2/h13-16,20-22H,4-12,17-19H2,1-3H3. The molecule has 0 N–H and O–H groups in total. The molecule has 4 nitrogen and oxygen atoms in total. The smallest absolute Gasteiger partial charge is 0.311 e. The Morgan fingerprint density at radius 1 is 1.09 bits per heavy atom. The molecule has 1 aromatic carbocycles.